The Morgan fingerprint density at radius 1 is 1.33 bits per heavy atom. The molecule has 116 valence electrons. The van der Waals surface area contributed by atoms with Gasteiger partial charge in [0.15, 0.2) is 5.96 Å². The smallest absolute Gasteiger partial charge is 0.191 e. The standard InChI is InChI=1S/C16H27N5/c1-16(2,3)20-15(17-4)19-12-13-7-8-18-14(11-13)21-9-5-6-10-21/h7-8,11H,5-6,9-10,12H2,1-4H3,(H2,17,19,20). The molecule has 0 amide bonds. The molecule has 0 bridgehead atoms. The predicted octanol–water partition coefficient (Wildman–Crippen LogP) is 2.15. The Labute approximate surface area is 127 Å². The quantitative estimate of drug-likeness (QED) is 0.661. The molecule has 5 heteroatoms. The summed E-state index contributed by atoms with van der Waals surface area (Å²) >= 11 is 0. The second-order valence-corrected chi connectivity index (χ2v) is 6.52. The van der Waals surface area contributed by atoms with Crippen LogP contribution in [0.2, 0.25) is 0 Å². The van der Waals surface area contributed by atoms with E-state index in [0.29, 0.717) is 0 Å². The van der Waals surface area contributed by atoms with E-state index < -0.39 is 0 Å². The minimum absolute atomic E-state index is 0.000792. The molecule has 0 atom stereocenters. The number of hydrogen-bond donors (Lipinski definition) is 2. The molecule has 0 spiro atoms. The van der Waals surface area contributed by atoms with Gasteiger partial charge in [0.2, 0.25) is 0 Å². The van der Waals surface area contributed by atoms with Crippen molar-refractivity contribution in [2.75, 3.05) is 25.0 Å². The number of hydrogen-bond acceptors (Lipinski definition) is 3. The molecule has 1 saturated heterocycles. The van der Waals surface area contributed by atoms with E-state index in [1.165, 1.54) is 18.4 Å². The van der Waals surface area contributed by atoms with Crippen molar-refractivity contribution < 1.29 is 0 Å². The summed E-state index contributed by atoms with van der Waals surface area (Å²) in [6, 6.07) is 4.22. The first kappa shape index (κ1) is 15.6. The van der Waals surface area contributed by atoms with Gasteiger partial charge >= 0.3 is 0 Å². The maximum atomic E-state index is 4.48. The van der Waals surface area contributed by atoms with E-state index in [1.54, 1.807) is 7.05 Å². The molecule has 1 fully saturated rings. The molecule has 0 aliphatic carbocycles. The lowest BCUT2D eigenvalue weighted by Gasteiger charge is -2.24. The Bertz CT molecular complexity index is 484. The molecule has 0 unspecified atom stereocenters. The lowest BCUT2D eigenvalue weighted by atomic mass is 10.1. The second kappa shape index (κ2) is 6.78. The SMILES string of the molecule is CN=C(NCc1ccnc(N2CCCC2)c1)NC(C)(C)C. The van der Waals surface area contributed by atoms with Crippen LogP contribution in [0.15, 0.2) is 23.3 Å². The summed E-state index contributed by atoms with van der Waals surface area (Å²) in [5.41, 5.74) is 1.23. The van der Waals surface area contributed by atoms with Crippen LogP contribution in [-0.2, 0) is 6.54 Å². The van der Waals surface area contributed by atoms with Crippen LogP contribution >= 0.6 is 0 Å². The van der Waals surface area contributed by atoms with E-state index in [0.717, 1.165) is 31.4 Å². The molecule has 1 aromatic heterocycles. The Kier molecular flexibility index (Phi) is 5.04. The van der Waals surface area contributed by atoms with Crippen molar-refractivity contribution >= 4 is 11.8 Å². The van der Waals surface area contributed by atoms with Crippen molar-refractivity contribution in [1.29, 1.82) is 0 Å². The van der Waals surface area contributed by atoms with E-state index >= 15 is 0 Å². The van der Waals surface area contributed by atoms with Crippen molar-refractivity contribution in [1.82, 2.24) is 15.6 Å². The van der Waals surface area contributed by atoms with Crippen molar-refractivity contribution in [2.45, 2.75) is 45.7 Å². The molecule has 21 heavy (non-hydrogen) atoms. The van der Waals surface area contributed by atoms with E-state index in [1.807, 2.05) is 6.20 Å². The fraction of sp³-hybridized carbons (Fsp3) is 0.625. The largest absolute Gasteiger partial charge is 0.357 e. The molecule has 2 heterocycles. The topological polar surface area (TPSA) is 52.6 Å². The van der Waals surface area contributed by atoms with E-state index in [9.17, 15) is 0 Å². The van der Waals surface area contributed by atoms with Crippen LogP contribution in [0.5, 0.6) is 0 Å². The first-order chi connectivity index (χ1) is 9.98. The first-order valence-electron chi connectivity index (χ1n) is 7.67. The molecule has 1 aromatic rings. The summed E-state index contributed by atoms with van der Waals surface area (Å²) in [5.74, 6) is 1.91. The van der Waals surface area contributed by atoms with Crippen LogP contribution < -0.4 is 15.5 Å². The van der Waals surface area contributed by atoms with E-state index in [-0.39, 0.29) is 5.54 Å². The Morgan fingerprint density at radius 2 is 2.05 bits per heavy atom. The zero-order chi connectivity index (χ0) is 15.3. The average molecular weight is 289 g/mol. The fourth-order valence-corrected chi connectivity index (χ4v) is 2.41. The van der Waals surface area contributed by atoms with Gasteiger partial charge in [-0.25, -0.2) is 4.98 Å². The van der Waals surface area contributed by atoms with Crippen LogP contribution in [0.4, 0.5) is 5.82 Å². The first-order valence-corrected chi connectivity index (χ1v) is 7.67. The minimum Gasteiger partial charge on any atom is -0.357 e. The number of anilines is 1. The summed E-state index contributed by atoms with van der Waals surface area (Å²) < 4.78 is 0. The van der Waals surface area contributed by atoms with Gasteiger partial charge in [-0.05, 0) is 51.3 Å². The highest BCUT2D eigenvalue weighted by atomic mass is 15.2. The molecule has 1 aliphatic heterocycles. The zero-order valence-electron chi connectivity index (χ0n) is 13.6. The summed E-state index contributed by atoms with van der Waals surface area (Å²) in [7, 11) is 1.79. The third-order valence-electron chi connectivity index (χ3n) is 3.42. The van der Waals surface area contributed by atoms with Crippen LogP contribution in [-0.4, -0.2) is 36.6 Å². The molecular formula is C16H27N5. The van der Waals surface area contributed by atoms with E-state index in [4.69, 9.17) is 0 Å². The number of rotatable bonds is 3. The minimum atomic E-state index is 0.000792. The fourth-order valence-electron chi connectivity index (χ4n) is 2.41. The van der Waals surface area contributed by atoms with Crippen LogP contribution in [0.25, 0.3) is 0 Å². The van der Waals surface area contributed by atoms with Crippen LogP contribution in [0.1, 0.15) is 39.2 Å². The molecule has 2 rings (SSSR count). The number of aromatic nitrogens is 1. The zero-order valence-corrected chi connectivity index (χ0v) is 13.6. The number of pyridine rings is 1. The summed E-state index contributed by atoms with van der Waals surface area (Å²) in [6.45, 7) is 9.36. The van der Waals surface area contributed by atoms with Crippen LogP contribution in [0, 0.1) is 0 Å². The number of nitrogens with one attached hydrogen (secondary N) is 2. The highest BCUT2D eigenvalue weighted by Gasteiger charge is 2.14. The van der Waals surface area contributed by atoms with Crippen molar-refractivity contribution in [3.8, 4) is 0 Å². The van der Waals surface area contributed by atoms with Gasteiger partial charge in [0, 0.05) is 38.4 Å². The third kappa shape index (κ3) is 4.92. The second-order valence-electron chi connectivity index (χ2n) is 6.52. The van der Waals surface area contributed by atoms with Gasteiger partial charge in [-0.1, -0.05) is 0 Å². The Morgan fingerprint density at radius 3 is 2.67 bits per heavy atom. The number of guanidine groups is 1. The summed E-state index contributed by atoms with van der Waals surface area (Å²) in [5, 5.41) is 6.71. The number of aliphatic imine (C=N–C) groups is 1. The molecular weight excluding hydrogens is 262 g/mol. The van der Waals surface area contributed by atoms with Gasteiger partial charge in [0.05, 0.1) is 0 Å². The maximum absolute atomic E-state index is 4.48. The van der Waals surface area contributed by atoms with E-state index in [2.05, 4.69) is 58.4 Å². The van der Waals surface area contributed by atoms with Crippen molar-refractivity contribution in [3.63, 3.8) is 0 Å². The van der Waals surface area contributed by atoms with Gasteiger partial charge in [-0.15, -0.1) is 0 Å². The van der Waals surface area contributed by atoms with Gasteiger partial charge in [0.25, 0.3) is 0 Å². The van der Waals surface area contributed by atoms with Gasteiger partial charge in [-0.3, -0.25) is 4.99 Å². The normalized spacial score (nSPS) is 16.2. The van der Waals surface area contributed by atoms with Crippen molar-refractivity contribution in [2.24, 2.45) is 4.99 Å². The van der Waals surface area contributed by atoms with Crippen LogP contribution in [0.3, 0.4) is 0 Å². The molecule has 5 nitrogen and oxygen atoms in total. The Hall–Kier alpha value is -1.78. The third-order valence-corrected chi connectivity index (χ3v) is 3.42. The highest BCUT2D eigenvalue weighted by molar-refractivity contribution is 5.80. The number of nitrogens with zero attached hydrogens (tertiary/aromatic N) is 3. The van der Waals surface area contributed by atoms with Gasteiger partial charge < -0.3 is 15.5 Å². The lowest BCUT2D eigenvalue weighted by Crippen LogP contribution is -2.47. The van der Waals surface area contributed by atoms with Crippen molar-refractivity contribution in [3.05, 3.63) is 23.9 Å². The van der Waals surface area contributed by atoms with Gasteiger partial charge in [-0.2, -0.15) is 0 Å². The summed E-state index contributed by atoms with van der Waals surface area (Å²) in [4.78, 5) is 11.1. The van der Waals surface area contributed by atoms with Gasteiger partial charge in [0.1, 0.15) is 5.82 Å². The summed E-state index contributed by atoms with van der Waals surface area (Å²) in [6.07, 6.45) is 4.43. The predicted molar refractivity (Wildman–Crippen MR) is 88.8 cm³/mol. The Balaban J connectivity index is 1.95. The molecule has 2 N–H and O–H groups in total. The lowest BCUT2D eigenvalue weighted by molar-refractivity contribution is 0.501. The highest BCUT2D eigenvalue weighted by Crippen LogP contribution is 2.18. The molecule has 0 aromatic carbocycles. The molecule has 0 radical (unpaired) electrons. The molecule has 0 saturated carbocycles. The molecule has 1 aliphatic rings. The average Bonchev–Trinajstić information content (AvgIpc) is 2.96. The monoisotopic (exact) mass is 289 g/mol. The maximum Gasteiger partial charge on any atom is 0.191 e.